The molecule has 3 rings (SSSR count). The Morgan fingerprint density at radius 3 is 2.25 bits per heavy atom. The molecule has 5 nitrogen and oxygen atoms in total. The third-order valence-corrected chi connectivity index (χ3v) is 7.57. The number of aldehydes is 1. The zero-order valence-corrected chi connectivity index (χ0v) is 23.1. The standard InChI is InChI=1S/C29H30F5NO4S/c1-28(2,22-9-11-23(30)12-10-22)19-35(17-20-6-4-7-25(27(20)31)29(32,33)34)14-5-15-39-24-13-8-21(18-36)26(16-24)40(3,37)38/h4,6-13,16,18H,5,14-15,17,19H2,1-3H3. The second-order valence-electron chi connectivity index (χ2n) is 10.2. The molecule has 0 heterocycles. The van der Waals surface area contributed by atoms with Crippen LogP contribution in [0.5, 0.6) is 5.75 Å². The molecule has 0 spiro atoms. The van der Waals surface area contributed by atoms with Gasteiger partial charge in [0, 0.05) is 42.4 Å². The van der Waals surface area contributed by atoms with Crippen molar-refractivity contribution < 1.29 is 39.9 Å². The maximum absolute atomic E-state index is 14.8. The lowest BCUT2D eigenvalue weighted by Crippen LogP contribution is -2.38. The van der Waals surface area contributed by atoms with Crippen molar-refractivity contribution in [3.05, 3.63) is 94.6 Å². The number of carbonyl (C=O) groups excluding carboxylic acids is 1. The van der Waals surface area contributed by atoms with E-state index in [1.54, 1.807) is 17.0 Å². The molecule has 0 saturated carbocycles. The van der Waals surface area contributed by atoms with Gasteiger partial charge in [-0.1, -0.05) is 38.1 Å². The lowest BCUT2D eigenvalue weighted by Gasteiger charge is -2.33. The monoisotopic (exact) mass is 583 g/mol. The molecule has 0 radical (unpaired) electrons. The highest BCUT2D eigenvalue weighted by Crippen LogP contribution is 2.33. The van der Waals surface area contributed by atoms with E-state index in [1.165, 1.54) is 36.4 Å². The number of ether oxygens (including phenoxy) is 1. The Morgan fingerprint density at radius 2 is 1.65 bits per heavy atom. The minimum absolute atomic E-state index is 0.00663. The molecule has 0 aliphatic carbocycles. The Balaban J connectivity index is 1.79. The number of nitrogens with zero attached hydrogens (tertiary/aromatic N) is 1. The average molecular weight is 584 g/mol. The highest BCUT2D eigenvalue weighted by Gasteiger charge is 2.35. The number of hydrogen-bond donors (Lipinski definition) is 0. The van der Waals surface area contributed by atoms with E-state index in [9.17, 15) is 35.2 Å². The lowest BCUT2D eigenvalue weighted by molar-refractivity contribution is -0.140. The highest BCUT2D eigenvalue weighted by atomic mass is 32.2. The van der Waals surface area contributed by atoms with E-state index in [-0.39, 0.29) is 34.9 Å². The summed E-state index contributed by atoms with van der Waals surface area (Å²) in [5.41, 5.74) is -1.23. The van der Waals surface area contributed by atoms with E-state index in [0.717, 1.165) is 17.9 Å². The molecule has 0 saturated heterocycles. The second-order valence-corrected chi connectivity index (χ2v) is 12.2. The summed E-state index contributed by atoms with van der Waals surface area (Å²) < 4.78 is 97.9. The molecule has 3 aromatic carbocycles. The van der Waals surface area contributed by atoms with Crippen LogP contribution in [0.4, 0.5) is 22.0 Å². The average Bonchev–Trinajstić information content (AvgIpc) is 2.86. The molecule has 11 heteroatoms. The van der Waals surface area contributed by atoms with Crippen molar-refractivity contribution in [2.24, 2.45) is 0 Å². The van der Waals surface area contributed by atoms with Crippen LogP contribution < -0.4 is 4.74 Å². The molecule has 0 bridgehead atoms. The summed E-state index contributed by atoms with van der Waals surface area (Å²) >= 11 is 0. The number of halogens is 5. The lowest BCUT2D eigenvalue weighted by atomic mass is 9.84. The molecule has 0 atom stereocenters. The van der Waals surface area contributed by atoms with Gasteiger partial charge in [-0.3, -0.25) is 9.69 Å². The number of hydrogen-bond acceptors (Lipinski definition) is 5. The van der Waals surface area contributed by atoms with E-state index < -0.39 is 38.6 Å². The van der Waals surface area contributed by atoms with Crippen LogP contribution in [-0.2, 0) is 28.0 Å². The Bertz CT molecular complexity index is 1440. The van der Waals surface area contributed by atoms with Crippen LogP contribution in [0.15, 0.2) is 65.6 Å². The molecule has 0 aromatic heterocycles. The number of rotatable bonds is 12. The minimum atomic E-state index is -4.84. The summed E-state index contributed by atoms with van der Waals surface area (Å²) in [7, 11) is -3.67. The summed E-state index contributed by atoms with van der Waals surface area (Å²) in [6.45, 7) is 4.39. The first kappa shape index (κ1) is 31.2. The molecule has 0 unspecified atom stereocenters. The fraction of sp³-hybridized carbons (Fsp3) is 0.345. The largest absolute Gasteiger partial charge is 0.494 e. The molecule has 0 amide bonds. The van der Waals surface area contributed by atoms with Crippen molar-refractivity contribution in [1.29, 1.82) is 0 Å². The molecule has 0 N–H and O–H groups in total. The van der Waals surface area contributed by atoms with Crippen molar-refractivity contribution in [1.82, 2.24) is 4.90 Å². The molecule has 0 aliphatic rings. The summed E-state index contributed by atoms with van der Waals surface area (Å²) in [5.74, 6) is -1.51. The zero-order chi connectivity index (χ0) is 29.7. The summed E-state index contributed by atoms with van der Waals surface area (Å²) in [6.07, 6.45) is -3.05. The third-order valence-electron chi connectivity index (χ3n) is 6.42. The fourth-order valence-corrected chi connectivity index (χ4v) is 5.30. The molecule has 216 valence electrons. The maximum Gasteiger partial charge on any atom is 0.419 e. The van der Waals surface area contributed by atoms with Crippen LogP contribution in [0.2, 0.25) is 0 Å². The molecule has 3 aromatic rings. The first-order valence-corrected chi connectivity index (χ1v) is 14.3. The molecule has 40 heavy (non-hydrogen) atoms. The Morgan fingerprint density at radius 1 is 0.975 bits per heavy atom. The van der Waals surface area contributed by atoms with Crippen LogP contribution in [0.25, 0.3) is 0 Å². The first-order valence-electron chi connectivity index (χ1n) is 12.4. The van der Waals surface area contributed by atoms with Crippen molar-refractivity contribution in [2.45, 2.75) is 43.3 Å². The smallest absolute Gasteiger partial charge is 0.419 e. The van der Waals surface area contributed by atoms with Crippen LogP contribution in [0, 0.1) is 11.6 Å². The Kier molecular flexibility index (Phi) is 9.73. The van der Waals surface area contributed by atoms with E-state index in [4.69, 9.17) is 4.74 Å². The normalized spacial score (nSPS) is 12.5. The van der Waals surface area contributed by atoms with Crippen molar-refractivity contribution >= 4 is 16.1 Å². The molecular formula is C29H30F5NO4S. The van der Waals surface area contributed by atoms with Gasteiger partial charge in [0.2, 0.25) is 0 Å². The van der Waals surface area contributed by atoms with Crippen LogP contribution in [0.3, 0.4) is 0 Å². The zero-order valence-electron chi connectivity index (χ0n) is 22.3. The second kappa shape index (κ2) is 12.5. The van der Waals surface area contributed by atoms with Crippen molar-refractivity contribution in [3.8, 4) is 5.75 Å². The predicted octanol–water partition coefficient (Wildman–Crippen LogP) is 6.45. The molecule has 0 aliphatic heterocycles. The number of carbonyl (C=O) groups is 1. The summed E-state index contributed by atoms with van der Waals surface area (Å²) in [5, 5.41) is 0. The van der Waals surface area contributed by atoms with Crippen molar-refractivity contribution in [2.75, 3.05) is 26.0 Å². The van der Waals surface area contributed by atoms with Gasteiger partial charge in [0.25, 0.3) is 0 Å². The SMILES string of the molecule is CC(C)(CN(CCCOc1ccc(C=O)c(S(C)(=O)=O)c1)Cc1cccc(C(F)(F)F)c1F)c1ccc(F)cc1. The van der Waals surface area contributed by atoms with E-state index in [1.807, 2.05) is 13.8 Å². The van der Waals surface area contributed by atoms with Gasteiger partial charge in [0.1, 0.15) is 17.4 Å². The number of sulfone groups is 1. The van der Waals surface area contributed by atoms with Gasteiger partial charge < -0.3 is 4.74 Å². The maximum atomic E-state index is 14.8. The Labute approximate surface area is 230 Å². The fourth-order valence-electron chi connectivity index (χ4n) is 4.43. The van der Waals surface area contributed by atoms with Gasteiger partial charge in [-0.15, -0.1) is 0 Å². The third kappa shape index (κ3) is 8.11. The van der Waals surface area contributed by atoms with E-state index in [0.29, 0.717) is 31.9 Å². The quantitative estimate of drug-likeness (QED) is 0.139. The van der Waals surface area contributed by atoms with Gasteiger partial charge in [-0.2, -0.15) is 13.2 Å². The first-order chi connectivity index (χ1) is 18.6. The van der Waals surface area contributed by atoms with Crippen LogP contribution >= 0.6 is 0 Å². The van der Waals surface area contributed by atoms with Gasteiger partial charge in [-0.25, -0.2) is 17.2 Å². The predicted molar refractivity (Wildman–Crippen MR) is 141 cm³/mol. The van der Waals surface area contributed by atoms with Gasteiger partial charge in [0.05, 0.1) is 17.1 Å². The summed E-state index contributed by atoms with van der Waals surface area (Å²) in [6, 6.07) is 13.1. The minimum Gasteiger partial charge on any atom is -0.494 e. The molecule has 0 fully saturated rings. The highest BCUT2D eigenvalue weighted by molar-refractivity contribution is 7.90. The Hall–Kier alpha value is -3.31. The van der Waals surface area contributed by atoms with Crippen LogP contribution in [-0.4, -0.2) is 45.6 Å². The van der Waals surface area contributed by atoms with Gasteiger partial charge >= 0.3 is 6.18 Å². The van der Waals surface area contributed by atoms with Crippen molar-refractivity contribution in [3.63, 3.8) is 0 Å². The van der Waals surface area contributed by atoms with Gasteiger partial charge in [0.15, 0.2) is 16.1 Å². The molecular weight excluding hydrogens is 553 g/mol. The topological polar surface area (TPSA) is 63.7 Å². The van der Waals surface area contributed by atoms with Gasteiger partial charge in [-0.05, 0) is 48.4 Å². The van der Waals surface area contributed by atoms with E-state index >= 15 is 0 Å². The number of alkyl halides is 3. The van der Waals surface area contributed by atoms with E-state index in [2.05, 4.69) is 0 Å². The summed E-state index contributed by atoms with van der Waals surface area (Å²) in [4.78, 5) is 12.8. The number of benzene rings is 3. The van der Waals surface area contributed by atoms with Crippen LogP contribution in [0.1, 0.15) is 47.3 Å².